The third-order valence-electron chi connectivity index (χ3n) is 8.81. The van der Waals surface area contributed by atoms with Crippen molar-refractivity contribution in [1.82, 2.24) is 19.3 Å². The van der Waals surface area contributed by atoms with Gasteiger partial charge in [0.2, 0.25) is 0 Å². The third-order valence-corrected chi connectivity index (χ3v) is 8.81. The van der Waals surface area contributed by atoms with Gasteiger partial charge in [0, 0.05) is 41.0 Å². The summed E-state index contributed by atoms with van der Waals surface area (Å²) in [6, 6.07) is 31.2. The largest absolute Gasteiger partial charge is 2.00 e. The predicted molar refractivity (Wildman–Crippen MR) is 190 cm³/mol. The van der Waals surface area contributed by atoms with Crippen molar-refractivity contribution < 1.29 is 30.5 Å². The Morgan fingerprint density at radius 3 is 2.23 bits per heavy atom. The average Bonchev–Trinajstić information content (AvgIpc) is 3.67. The Morgan fingerprint density at radius 1 is 0.771 bits per heavy atom. The van der Waals surface area contributed by atoms with Crippen molar-refractivity contribution >= 4 is 21.8 Å². The molecule has 0 spiro atoms. The summed E-state index contributed by atoms with van der Waals surface area (Å²) in [6.07, 6.45) is 5.84. The first-order valence-electron chi connectivity index (χ1n) is 16.1. The summed E-state index contributed by atoms with van der Waals surface area (Å²) in [5.41, 5.74) is 10.5. The molecule has 3 heterocycles. The molecule has 7 heteroatoms. The molecule has 48 heavy (non-hydrogen) atoms. The van der Waals surface area contributed by atoms with E-state index in [1.54, 1.807) is 13.3 Å². The van der Waals surface area contributed by atoms with E-state index in [1.165, 1.54) is 27.8 Å². The maximum atomic E-state index is 6.39. The van der Waals surface area contributed by atoms with Gasteiger partial charge >= 0.3 is 21.1 Å². The molecule has 0 saturated heterocycles. The molecule has 3 aromatic heterocycles. The number of aromatic nitrogens is 4. The number of ether oxygens (including phenoxy) is 2. The molecule has 0 bridgehead atoms. The minimum Gasteiger partial charge on any atom is -0.509 e. The van der Waals surface area contributed by atoms with Gasteiger partial charge < -0.3 is 14.0 Å². The molecule has 7 rings (SSSR count). The van der Waals surface area contributed by atoms with E-state index in [2.05, 4.69) is 93.7 Å². The normalized spacial score (nSPS) is 11.4. The number of benzene rings is 4. The molecule has 7 aromatic rings. The summed E-state index contributed by atoms with van der Waals surface area (Å²) in [6.45, 7) is 13.5. The van der Waals surface area contributed by atoms with Gasteiger partial charge in [0.05, 0.1) is 13.3 Å². The smallest absolute Gasteiger partial charge is 0.509 e. The van der Waals surface area contributed by atoms with Crippen LogP contribution >= 0.6 is 0 Å². The minimum absolute atomic E-state index is 0. The molecule has 0 aliphatic carbocycles. The number of aryl methyl sites for hydroxylation is 2. The van der Waals surface area contributed by atoms with E-state index in [9.17, 15) is 0 Å². The summed E-state index contributed by atoms with van der Waals surface area (Å²) in [4.78, 5) is 4.66. The minimum atomic E-state index is 0. The zero-order valence-corrected chi connectivity index (χ0v) is 30.5. The molecule has 0 N–H and O–H groups in total. The van der Waals surface area contributed by atoms with Crippen LogP contribution in [0.1, 0.15) is 61.8 Å². The van der Waals surface area contributed by atoms with E-state index < -0.39 is 0 Å². The number of para-hydroxylation sites is 1. The Kier molecular flexibility index (Phi) is 9.31. The van der Waals surface area contributed by atoms with E-state index in [4.69, 9.17) is 14.6 Å². The second kappa shape index (κ2) is 13.4. The van der Waals surface area contributed by atoms with Gasteiger partial charge in [-0.1, -0.05) is 57.5 Å². The van der Waals surface area contributed by atoms with Gasteiger partial charge in [0.15, 0.2) is 0 Å². The number of pyridine rings is 1. The number of nitrogens with zero attached hydrogens (tertiary/aromatic N) is 4. The number of rotatable bonds is 8. The van der Waals surface area contributed by atoms with Gasteiger partial charge in [-0.25, -0.2) is 4.98 Å². The van der Waals surface area contributed by atoms with Crippen LogP contribution in [0.2, 0.25) is 0 Å². The summed E-state index contributed by atoms with van der Waals surface area (Å²) < 4.78 is 15.9. The van der Waals surface area contributed by atoms with Crippen LogP contribution in [0.3, 0.4) is 0 Å². The molecule has 0 atom stereocenters. The fourth-order valence-electron chi connectivity index (χ4n) is 6.97. The molecule has 244 valence electrons. The number of hydrogen-bond acceptors (Lipinski definition) is 4. The van der Waals surface area contributed by atoms with Crippen molar-refractivity contribution in [3.63, 3.8) is 0 Å². The third kappa shape index (κ3) is 5.95. The summed E-state index contributed by atoms with van der Waals surface area (Å²) in [5.74, 6) is 3.42. The maximum Gasteiger partial charge on any atom is 2.00 e. The zero-order chi connectivity index (χ0) is 32.8. The van der Waals surface area contributed by atoms with Gasteiger partial charge in [0.25, 0.3) is 0 Å². The van der Waals surface area contributed by atoms with E-state index in [0.29, 0.717) is 23.3 Å². The molecule has 0 aliphatic heterocycles. The summed E-state index contributed by atoms with van der Waals surface area (Å²) >= 11 is 0. The molecule has 0 fully saturated rings. The van der Waals surface area contributed by atoms with Crippen molar-refractivity contribution in [2.75, 3.05) is 7.11 Å². The van der Waals surface area contributed by atoms with Crippen LogP contribution in [0, 0.1) is 26.0 Å². The van der Waals surface area contributed by atoms with Gasteiger partial charge in [-0.3, -0.25) is 4.68 Å². The van der Waals surface area contributed by atoms with Gasteiger partial charge in [-0.15, -0.1) is 35.7 Å². The Balaban J connectivity index is 0.00000401. The molecular weight excluding hydrogens is 776 g/mol. The molecule has 0 radical (unpaired) electrons. The monoisotopic (exact) mass is 813 g/mol. The molecular formula is C41H38N4O2Pt. The first-order chi connectivity index (χ1) is 22.7. The number of methoxy groups -OCH3 is 1. The van der Waals surface area contributed by atoms with Crippen LogP contribution in [0.25, 0.3) is 44.4 Å². The Bertz CT molecular complexity index is 2230. The number of hydrogen-bond donors (Lipinski definition) is 0. The quantitative estimate of drug-likeness (QED) is 0.143. The number of fused-ring (bicyclic) bond motifs is 3. The predicted octanol–water partition coefficient (Wildman–Crippen LogP) is 10.3. The second-order valence-electron chi connectivity index (χ2n) is 12.7. The van der Waals surface area contributed by atoms with E-state index in [-0.39, 0.29) is 21.1 Å². The zero-order valence-electron chi connectivity index (χ0n) is 28.2. The van der Waals surface area contributed by atoms with E-state index in [1.807, 2.05) is 59.4 Å². The Morgan fingerprint density at radius 2 is 1.50 bits per heavy atom. The van der Waals surface area contributed by atoms with Crippen molar-refractivity contribution in [1.29, 1.82) is 0 Å². The standard InChI is InChI=1S/C41H38N4O2.Pt/c1-25(2)39-27(5)19-28(6)40(26(3)4)41(39)29-23-43-44(24-29)30-11-10-12-32(20-30)47-33-15-16-35-34-13-8-9-14-36(34)45(37(35)21-33)38-22-31(46-7)17-18-42-38;/h8-19,22-26H,1-7H3;/q-2;+2. The first-order valence-corrected chi connectivity index (χ1v) is 16.1. The van der Waals surface area contributed by atoms with Crippen LogP contribution in [-0.2, 0) is 21.1 Å². The van der Waals surface area contributed by atoms with Gasteiger partial charge in [-0.05, 0) is 76.7 Å². The Hall–Kier alpha value is -4.67. The molecule has 0 saturated carbocycles. The fourth-order valence-corrected chi connectivity index (χ4v) is 6.97. The summed E-state index contributed by atoms with van der Waals surface area (Å²) in [7, 11) is 1.66. The van der Waals surface area contributed by atoms with E-state index >= 15 is 0 Å². The van der Waals surface area contributed by atoms with Crippen LogP contribution in [0.15, 0.2) is 91.4 Å². The second-order valence-corrected chi connectivity index (χ2v) is 12.7. The molecule has 0 unspecified atom stereocenters. The Labute approximate surface area is 296 Å². The first kappa shape index (κ1) is 33.2. The topological polar surface area (TPSA) is 54.1 Å². The van der Waals surface area contributed by atoms with E-state index in [0.717, 1.165) is 44.6 Å². The SMILES string of the molecule is COc1ccnc(-n2c3[c-]c(Oc4[c-]c(-n5cc(-c6c(C(C)C)c(C)cc(C)c6C(C)C)cn5)ccc4)ccc3c3ccccc32)c1.[Pt+2]. The fraction of sp³-hybridized carbons (Fsp3) is 0.220. The summed E-state index contributed by atoms with van der Waals surface area (Å²) in [5, 5.41) is 6.97. The van der Waals surface area contributed by atoms with Gasteiger partial charge in [-0.2, -0.15) is 17.2 Å². The van der Waals surface area contributed by atoms with Crippen molar-refractivity contribution in [2.24, 2.45) is 0 Å². The molecule has 0 aliphatic rings. The molecule has 6 nitrogen and oxygen atoms in total. The van der Waals surface area contributed by atoms with Crippen LogP contribution < -0.4 is 9.47 Å². The molecule has 0 amide bonds. The maximum absolute atomic E-state index is 6.39. The van der Waals surface area contributed by atoms with Crippen LogP contribution in [0.5, 0.6) is 17.2 Å². The molecule has 4 aromatic carbocycles. The van der Waals surface area contributed by atoms with Crippen molar-refractivity contribution in [3.05, 3.63) is 126 Å². The van der Waals surface area contributed by atoms with Crippen molar-refractivity contribution in [2.45, 2.75) is 53.4 Å². The van der Waals surface area contributed by atoms with Gasteiger partial charge in [0.1, 0.15) is 11.6 Å². The average molecular weight is 814 g/mol. The van der Waals surface area contributed by atoms with Crippen molar-refractivity contribution in [3.8, 4) is 39.9 Å². The van der Waals surface area contributed by atoms with Crippen LogP contribution in [0.4, 0.5) is 0 Å². The van der Waals surface area contributed by atoms with Crippen LogP contribution in [-0.4, -0.2) is 26.4 Å².